The van der Waals surface area contributed by atoms with Crippen molar-refractivity contribution in [1.29, 1.82) is 0 Å². The second kappa shape index (κ2) is 8.14. The molecule has 1 saturated heterocycles. The zero-order valence-electron chi connectivity index (χ0n) is 14.9. The van der Waals surface area contributed by atoms with Crippen molar-refractivity contribution in [1.82, 2.24) is 14.8 Å². The number of ether oxygens (including phenoxy) is 1. The summed E-state index contributed by atoms with van der Waals surface area (Å²) < 4.78 is 4.88. The van der Waals surface area contributed by atoms with Crippen LogP contribution in [0.2, 0.25) is 0 Å². The van der Waals surface area contributed by atoms with E-state index in [2.05, 4.69) is 22.1 Å². The molecule has 1 aromatic heterocycles. The highest BCUT2D eigenvalue weighted by atomic mass is 32.1. The molecule has 0 spiro atoms. The van der Waals surface area contributed by atoms with Gasteiger partial charge in [-0.3, -0.25) is 15.0 Å². The molecule has 1 fully saturated rings. The van der Waals surface area contributed by atoms with Crippen LogP contribution in [-0.2, 0) is 22.5 Å². The van der Waals surface area contributed by atoms with E-state index in [4.69, 9.17) is 4.74 Å². The maximum Gasteiger partial charge on any atom is 0.413 e. The number of hydrogen-bond donors (Lipinski definition) is 1. The van der Waals surface area contributed by atoms with E-state index in [0.717, 1.165) is 55.4 Å². The molecule has 0 aliphatic carbocycles. The first-order chi connectivity index (χ1) is 12.0. The molecule has 0 radical (unpaired) electrons. The number of carbonyl (C=O) groups excluding carboxylic acids is 2. The van der Waals surface area contributed by atoms with E-state index in [-0.39, 0.29) is 5.91 Å². The van der Waals surface area contributed by atoms with Gasteiger partial charge < -0.3 is 9.64 Å². The van der Waals surface area contributed by atoms with E-state index in [9.17, 15) is 9.59 Å². The number of rotatable bonds is 4. The van der Waals surface area contributed by atoms with Crippen molar-refractivity contribution < 1.29 is 14.3 Å². The molecule has 7 nitrogen and oxygen atoms in total. The van der Waals surface area contributed by atoms with Gasteiger partial charge in [0.25, 0.3) is 0 Å². The van der Waals surface area contributed by atoms with Crippen molar-refractivity contribution in [3.05, 3.63) is 10.6 Å². The largest absolute Gasteiger partial charge is 0.450 e. The molecule has 0 bridgehead atoms. The van der Waals surface area contributed by atoms with Crippen LogP contribution in [0.3, 0.4) is 0 Å². The zero-order valence-corrected chi connectivity index (χ0v) is 15.7. The number of likely N-dealkylation sites (tertiary alicyclic amines) is 1. The van der Waals surface area contributed by atoms with Crippen molar-refractivity contribution in [3.63, 3.8) is 0 Å². The molecule has 1 N–H and O–H groups in total. The lowest BCUT2D eigenvalue weighted by Gasteiger charge is -2.33. The summed E-state index contributed by atoms with van der Waals surface area (Å²) in [5, 5.41) is 3.24. The SMILES string of the molecule is CCOC(=O)Nc1nc2c(s1)CN(CC(=O)N1CCC(C)CC1)CC2. The van der Waals surface area contributed by atoms with Crippen LogP contribution in [-0.4, -0.2) is 59.6 Å². The van der Waals surface area contributed by atoms with E-state index in [1.54, 1.807) is 6.92 Å². The Balaban J connectivity index is 1.53. The van der Waals surface area contributed by atoms with Crippen LogP contribution < -0.4 is 5.32 Å². The minimum Gasteiger partial charge on any atom is -0.450 e. The third kappa shape index (κ3) is 4.70. The Hall–Kier alpha value is -1.67. The molecule has 0 atom stereocenters. The number of anilines is 1. The number of nitrogens with zero attached hydrogens (tertiary/aromatic N) is 3. The Kier molecular flexibility index (Phi) is 5.90. The van der Waals surface area contributed by atoms with Crippen molar-refractivity contribution in [2.75, 3.05) is 38.1 Å². The fourth-order valence-corrected chi connectivity index (χ4v) is 4.28. The molecule has 0 saturated carbocycles. The third-order valence-electron chi connectivity index (χ3n) is 4.79. The summed E-state index contributed by atoms with van der Waals surface area (Å²) in [5.41, 5.74) is 1.02. The van der Waals surface area contributed by atoms with Gasteiger partial charge in [0, 0.05) is 37.5 Å². The van der Waals surface area contributed by atoms with Crippen LogP contribution in [0.25, 0.3) is 0 Å². The average molecular weight is 366 g/mol. The Morgan fingerprint density at radius 1 is 1.32 bits per heavy atom. The number of amides is 2. The number of fused-ring (bicyclic) bond motifs is 1. The van der Waals surface area contributed by atoms with E-state index in [1.807, 2.05) is 4.90 Å². The molecular weight excluding hydrogens is 340 g/mol. The predicted octanol–water partition coefficient (Wildman–Crippen LogP) is 2.33. The summed E-state index contributed by atoms with van der Waals surface area (Å²) in [7, 11) is 0. The molecule has 0 aromatic carbocycles. The van der Waals surface area contributed by atoms with Crippen LogP contribution in [0, 0.1) is 5.92 Å². The molecule has 1 aromatic rings. The third-order valence-corrected chi connectivity index (χ3v) is 5.79. The Labute approximate surface area is 152 Å². The highest BCUT2D eigenvalue weighted by Gasteiger charge is 2.26. The first-order valence-corrected chi connectivity index (χ1v) is 9.79. The molecule has 25 heavy (non-hydrogen) atoms. The van der Waals surface area contributed by atoms with Gasteiger partial charge >= 0.3 is 6.09 Å². The van der Waals surface area contributed by atoms with Crippen LogP contribution >= 0.6 is 11.3 Å². The predicted molar refractivity (Wildman–Crippen MR) is 96.7 cm³/mol. The molecule has 0 unspecified atom stereocenters. The number of carbonyl (C=O) groups is 2. The summed E-state index contributed by atoms with van der Waals surface area (Å²) in [6.07, 6.45) is 2.54. The van der Waals surface area contributed by atoms with E-state index in [0.29, 0.717) is 24.8 Å². The number of piperidine rings is 1. The van der Waals surface area contributed by atoms with Crippen molar-refractivity contribution in [2.24, 2.45) is 5.92 Å². The molecule has 2 aliphatic heterocycles. The Morgan fingerprint density at radius 3 is 2.80 bits per heavy atom. The van der Waals surface area contributed by atoms with Crippen LogP contribution in [0.1, 0.15) is 37.3 Å². The van der Waals surface area contributed by atoms with Gasteiger partial charge in [0.15, 0.2) is 5.13 Å². The first-order valence-electron chi connectivity index (χ1n) is 8.97. The number of thiazole rings is 1. The standard InChI is InChI=1S/C17H26N4O3S/c1-3-24-17(23)19-16-18-13-6-7-20(10-14(13)25-16)11-15(22)21-8-4-12(2)5-9-21/h12H,3-11H2,1-2H3,(H,18,19,23). The van der Waals surface area contributed by atoms with Crippen molar-refractivity contribution in [2.45, 2.75) is 39.7 Å². The molecule has 138 valence electrons. The molecule has 8 heteroatoms. The Morgan fingerprint density at radius 2 is 2.08 bits per heavy atom. The van der Waals surface area contributed by atoms with Gasteiger partial charge in [-0.15, -0.1) is 0 Å². The minimum atomic E-state index is -0.472. The Bertz CT molecular complexity index is 625. The number of aromatic nitrogens is 1. The monoisotopic (exact) mass is 366 g/mol. The van der Waals surface area contributed by atoms with Gasteiger partial charge in [-0.2, -0.15) is 0 Å². The summed E-state index contributed by atoms with van der Waals surface area (Å²) in [6, 6.07) is 0. The van der Waals surface area contributed by atoms with E-state index < -0.39 is 6.09 Å². The average Bonchev–Trinajstić information content (AvgIpc) is 2.97. The van der Waals surface area contributed by atoms with Gasteiger partial charge in [0.05, 0.1) is 18.8 Å². The quantitative estimate of drug-likeness (QED) is 0.885. The highest BCUT2D eigenvalue weighted by Crippen LogP contribution is 2.28. The van der Waals surface area contributed by atoms with Gasteiger partial charge in [-0.05, 0) is 25.7 Å². The molecule has 3 rings (SSSR count). The maximum absolute atomic E-state index is 12.5. The number of hydrogen-bond acceptors (Lipinski definition) is 6. The number of nitrogens with one attached hydrogen (secondary N) is 1. The zero-order chi connectivity index (χ0) is 17.8. The van der Waals surface area contributed by atoms with Crippen LogP contribution in [0.5, 0.6) is 0 Å². The normalized spacial score (nSPS) is 18.7. The second-order valence-corrected chi connectivity index (χ2v) is 7.84. The fraction of sp³-hybridized carbons (Fsp3) is 0.706. The first kappa shape index (κ1) is 18.1. The smallest absolute Gasteiger partial charge is 0.413 e. The van der Waals surface area contributed by atoms with Crippen molar-refractivity contribution in [3.8, 4) is 0 Å². The fourth-order valence-electron chi connectivity index (χ4n) is 3.24. The van der Waals surface area contributed by atoms with Gasteiger partial charge in [-0.25, -0.2) is 9.78 Å². The lowest BCUT2D eigenvalue weighted by molar-refractivity contribution is -0.133. The summed E-state index contributed by atoms with van der Waals surface area (Å²) >= 11 is 1.47. The topological polar surface area (TPSA) is 74.8 Å². The maximum atomic E-state index is 12.5. The van der Waals surface area contributed by atoms with Gasteiger partial charge in [-0.1, -0.05) is 18.3 Å². The molecule has 3 heterocycles. The molecule has 2 amide bonds. The van der Waals surface area contributed by atoms with Gasteiger partial charge in [0.1, 0.15) is 0 Å². The minimum absolute atomic E-state index is 0.227. The molecule has 2 aliphatic rings. The van der Waals surface area contributed by atoms with Crippen LogP contribution in [0.15, 0.2) is 0 Å². The summed E-state index contributed by atoms with van der Waals surface area (Å²) in [5.74, 6) is 0.953. The molecular formula is C17H26N4O3S. The lowest BCUT2D eigenvalue weighted by atomic mass is 9.99. The summed E-state index contributed by atoms with van der Waals surface area (Å²) in [4.78, 5) is 33.8. The summed E-state index contributed by atoms with van der Waals surface area (Å²) in [6.45, 7) is 8.12. The lowest BCUT2D eigenvalue weighted by Crippen LogP contribution is -2.44. The second-order valence-electron chi connectivity index (χ2n) is 6.76. The highest BCUT2D eigenvalue weighted by molar-refractivity contribution is 7.15. The van der Waals surface area contributed by atoms with E-state index >= 15 is 0 Å². The van der Waals surface area contributed by atoms with Crippen LogP contribution in [0.4, 0.5) is 9.93 Å². The van der Waals surface area contributed by atoms with E-state index in [1.165, 1.54) is 11.3 Å². The van der Waals surface area contributed by atoms with Crippen molar-refractivity contribution >= 4 is 28.5 Å². The van der Waals surface area contributed by atoms with Gasteiger partial charge in [0.2, 0.25) is 5.91 Å².